The zero-order chi connectivity index (χ0) is 17.1. The Labute approximate surface area is 141 Å². The number of furan rings is 1. The summed E-state index contributed by atoms with van der Waals surface area (Å²) in [5, 5.41) is 2.99. The highest BCUT2D eigenvalue weighted by atomic mass is 16.3. The lowest BCUT2D eigenvalue weighted by atomic mass is 9.99. The van der Waals surface area contributed by atoms with Crippen LogP contribution in [-0.2, 0) is 6.54 Å². The van der Waals surface area contributed by atoms with E-state index >= 15 is 0 Å². The lowest BCUT2D eigenvalue weighted by Crippen LogP contribution is -2.24. The number of hydrogen-bond donors (Lipinski definition) is 1. The van der Waals surface area contributed by atoms with E-state index < -0.39 is 0 Å². The Morgan fingerprint density at radius 1 is 1.12 bits per heavy atom. The first-order chi connectivity index (χ1) is 11.5. The molecule has 2 heterocycles. The molecule has 0 radical (unpaired) electrons. The summed E-state index contributed by atoms with van der Waals surface area (Å²) < 4.78 is 5.36. The minimum Gasteiger partial charge on any atom is -0.463 e. The van der Waals surface area contributed by atoms with Crippen molar-refractivity contribution in [1.29, 1.82) is 0 Å². The molecule has 3 aromatic rings. The van der Waals surface area contributed by atoms with Gasteiger partial charge < -0.3 is 9.73 Å². The summed E-state index contributed by atoms with van der Waals surface area (Å²) in [5.74, 6) is 0.662. The number of benzene rings is 1. The monoisotopic (exact) mass is 320 g/mol. The molecule has 122 valence electrons. The third-order valence-electron chi connectivity index (χ3n) is 3.96. The lowest BCUT2D eigenvalue weighted by Gasteiger charge is -2.12. The first kappa shape index (κ1) is 16.0. The lowest BCUT2D eigenvalue weighted by molar-refractivity contribution is 0.0949. The minimum absolute atomic E-state index is 0.0543. The molecule has 0 fully saturated rings. The van der Waals surface area contributed by atoms with Crippen LogP contribution in [0.1, 0.15) is 32.6 Å². The molecule has 3 rings (SSSR count). The standard InChI is InChI=1S/C20H20N2O2/c1-13-9-14(2)19(15(3)10-13)20(23)22-12-16-6-7-21-17(11-16)18-5-4-8-24-18/h4-11H,12H2,1-3H3,(H,22,23). The molecule has 0 spiro atoms. The molecular formula is C20H20N2O2. The predicted octanol–water partition coefficient (Wildman–Crippen LogP) is 4.20. The van der Waals surface area contributed by atoms with Gasteiger partial charge in [0.05, 0.1) is 6.26 Å². The van der Waals surface area contributed by atoms with Crippen molar-refractivity contribution in [1.82, 2.24) is 10.3 Å². The van der Waals surface area contributed by atoms with Gasteiger partial charge in [0.15, 0.2) is 5.76 Å². The summed E-state index contributed by atoms with van der Waals surface area (Å²) in [6.07, 6.45) is 3.34. The Bertz CT molecular complexity index is 844. The van der Waals surface area contributed by atoms with Gasteiger partial charge in [-0.25, -0.2) is 0 Å². The summed E-state index contributed by atoms with van der Waals surface area (Å²) in [6.45, 7) is 6.42. The van der Waals surface area contributed by atoms with Gasteiger partial charge in [0, 0.05) is 18.3 Å². The summed E-state index contributed by atoms with van der Waals surface area (Å²) in [5.41, 5.74) is 5.65. The van der Waals surface area contributed by atoms with Gasteiger partial charge >= 0.3 is 0 Å². The van der Waals surface area contributed by atoms with E-state index in [0.29, 0.717) is 12.3 Å². The second-order valence-corrected chi connectivity index (χ2v) is 5.98. The average molecular weight is 320 g/mol. The van der Waals surface area contributed by atoms with Crippen LogP contribution in [0.4, 0.5) is 0 Å². The molecule has 0 saturated carbocycles. The van der Waals surface area contributed by atoms with E-state index in [0.717, 1.165) is 27.9 Å². The van der Waals surface area contributed by atoms with E-state index in [1.54, 1.807) is 12.5 Å². The molecule has 0 saturated heterocycles. The highest BCUT2D eigenvalue weighted by Crippen LogP contribution is 2.19. The van der Waals surface area contributed by atoms with E-state index in [-0.39, 0.29) is 5.91 Å². The zero-order valence-corrected chi connectivity index (χ0v) is 14.1. The van der Waals surface area contributed by atoms with E-state index in [9.17, 15) is 4.79 Å². The normalized spacial score (nSPS) is 10.6. The number of carbonyl (C=O) groups excluding carboxylic acids is 1. The largest absolute Gasteiger partial charge is 0.463 e. The number of nitrogens with zero attached hydrogens (tertiary/aromatic N) is 1. The summed E-state index contributed by atoms with van der Waals surface area (Å²) in [7, 11) is 0. The van der Waals surface area contributed by atoms with Crippen LogP contribution >= 0.6 is 0 Å². The van der Waals surface area contributed by atoms with Gasteiger partial charge in [-0.05, 0) is 61.7 Å². The molecule has 0 aliphatic heterocycles. The summed E-state index contributed by atoms with van der Waals surface area (Å²) >= 11 is 0. The summed E-state index contributed by atoms with van der Waals surface area (Å²) in [4.78, 5) is 16.8. The Kier molecular flexibility index (Phi) is 4.47. The fraction of sp³-hybridized carbons (Fsp3) is 0.200. The number of aryl methyl sites for hydroxylation is 3. The number of carbonyl (C=O) groups is 1. The molecule has 4 heteroatoms. The van der Waals surface area contributed by atoms with Crippen LogP contribution < -0.4 is 5.32 Å². The zero-order valence-electron chi connectivity index (χ0n) is 14.1. The number of amides is 1. The third kappa shape index (κ3) is 3.38. The summed E-state index contributed by atoms with van der Waals surface area (Å²) in [6, 6.07) is 11.6. The molecule has 1 amide bonds. The molecule has 0 unspecified atom stereocenters. The number of pyridine rings is 1. The molecule has 2 aromatic heterocycles. The van der Waals surface area contributed by atoms with Crippen molar-refractivity contribution in [3.8, 4) is 11.5 Å². The van der Waals surface area contributed by atoms with Gasteiger partial charge in [-0.2, -0.15) is 0 Å². The Morgan fingerprint density at radius 2 is 1.88 bits per heavy atom. The van der Waals surface area contributed by atoms with Gasteiger partial charge in [0.25, 0.3) is 5.91 Å². The van der Waals surface area contributed by atoms with Crippen LogP contribution in [0.2, 0.25) is 0 Å². The Balaban J connectivity index is 1.75. The highest BCUT2D eigenvalue weighted by molar-refractivity contribution is 5.97. The molecule has 0 aliphatic carbocycles. The van der Waals surface area contributed by atoms with E-state index in [1.807, 2.05) is 57.2 Å². The topological polar surface area (TPSA) is 55.1 Å². The molecule has 1 N–H and O–H groups in total. The Morgan fingerprint density at radius 3 is 2.54 bits per heavy atom. The number of hydrogen-bond acceptors (Lipinski definition) is 3. The van der Waals surface area contributed by atoms with Crippen molar-refractivity contribution in [2.75, 3.05) is 0 Å². The fourth-order valence-corrected chi connectivity index (χ4v) is 2.95. The molecule has 1 aromatic carbocycles. The Hall–Kier alpha value is -2.88. The third-order valence-corrected chi connectivity index (χ3v) is 3.96. The van der Waals surface area contributed by atoms with E-state index in [4.69, 9.17) is 4.42 Å². The van der Waals surface area contributed by atoms with Gasteiger partial charge in [0.1, 0.15) is 5.69 Å². The molecule has 4 nitrogen and oxygen atoms in total. The van der Waals surface area contributed by atoms with Gasteiger partial charge in [-0.3, -0.25) is 9.78 Å². The molecule has 0 bridgehead atoms. The maximum atomic E-state index is 12.5. The van der Waals surface area contributed by atoms with Gasteiger partial charge in [-0.15, -0.1) is 0 Å². The molecular weight excluding hydrogens is 300 g/mol. The van der Waals surface area contributed by atoms with Crippen molar-refractivity contribution in [2.45, 2.75) is 27.3 Å². The van der Waals surface area contributed by atoms with Crippen LogP contribution in [0.25, 0.3) is 11.5 Å². The van der Waals surface area contributed by atoms with Crippen molar-refractivity contribution >= 4 is 5.91 Å². The molecule has 0 atom stereocenters. The number of rotatable bonds is 4. The SMILES string of the molecule is Cc1cc(C)c(C(=O)NCc2ccnc(-c3ccco3)c2)c(C)c1. The van der Waals surface area contributed by atoms with Crippen LogP contribution in [-0.4, -0.2) is 10.9 Å². The maximum Gasteiger partial charge on any atom is 0.252 e. The molecule has 0 aliphatic rings. The van der Waals surface area contributed by atoms with Crippen LogP contribution in [0.15, 0.2) is 53.3 Å². The minimum atomic E-state index is -0.0543. The van der Waals surface area contributed by atoms with E-state index in [2.05, 4.69) is 10.3 Å². The van der Waals surface area contributed by atoms with Crippen molar-refractivity contribution < 1.29 is 9.21 Å². The first-order valence-corrected chi connectivity index (χ1v) is 7.89. The maximum absolute atomic E-state index is 12.5. The van der Waals surface area contributed by atoms with Crippen molar-refractivity contribution in [3.63, 3.8) is 0 Å². The predicted molar refractivity (Wildman–Crippen MR) is 93.8 cm³/mol. The first-order valence-electron chi connectivity index (χ1n) is 7.89. The average Bonchev–Trinajstić information content (AvgIpc) is 3.07. The van der Waals surface area contributed by atoms with Gasteiger partial charge in [0.2, 0.25) is 0 Å². The quantitative estimate of drug-likeness (QED) is 0.784. The van der Waals surface area contributed by atoms with E-state index in [1.165, 1.54) is 5.56 Å². The van der Waals surface area contributed by atoms with Crippen molar-refractivity contribution in [2.24, 2.45) is 0 Å². The van der Waals surface area contributed by atoms with Crippen LogP contribution in [0.3, 0.4) is 0 Å². The molecule has 24 heavy (non-hydrogen) atoms. The number of nitrogens with one attached hydrogen (secondary N) is 1. The van der Waals surface area contributed by atoms with Crippen LogP contribution in [0, 0.1) is 20.8 Å². The fourth-order valence-electron chi connectivity index (χ4n) is 2.95. The number of aromatic nitrogens is 1. The second-order valence-electron chi connectivity index (χ2n) is 5.98. The second kappa shape index (κ2) is 6.71. The van der Waals surface area contributed by atoms with Crippen LogP contribution in [0.5, 0.6) is 0 Å². The smallest absolute Gasteiger partial charge is 0.252 e. The van der Waals surface area contributed by atoms with Crippen molar-refractivity contribution in [3.05, 3.63) is 76.7 Å². The van der Waals surface area contributed by atoms with Gasteiger partial charge in [-0.1, -0.05) is 17.7 Å². The highest BCUT2D eigenvalue weighted by Gasteiger charge is 2.13.